The van der Waals surface area contributed by atoms with Gasteiger partial charge in [0.1, 0.15) is 0 Å². The van der Waals surface area contributed by atoms with Crippen LogP contribution in [-0.2, 0) is 9.53 Å². The Hall–Kier alpha value is -1.04. The van der Waals surface area contributed by atoms with Gasteiger partial charge in [-0.15, -0.1) is 0 Å². The topological polar surface area (TPSA) is 50.1 Å². The van der Waals surface area contributed by atoms with Gasteiger partial charge in [-0.25, -0.2) is 0 Å². The summed E-state index contributed by atoms with van der Waals surface area (Å²) in [6, 6.07) is 2.64. The fourth-order valence-electron chi connectivity index (χ4n) is 7.80. The van der Waals surface area contributed by atoms with Crippen LogP contribution in [0.1, 0.15) is 78.1 Å². The molecule has 0 aromatic carbocycles. The summed E-state index contributed by atoms with van der Waals surface area (Å²) in [4.78, 5) is 11.6. The van der Waals surface area contributed by atoms with E-state index in [4.69, 9.17) is 4.74 Å². The largest absolute Gasteiger partial charge is 0.465 e. The number of fused-ring (bicyclic) bond motifs is 5. The number of esters is 1. The predicted molar refractivity (Wildman–Crippen MR) is 96.4 cm³/mol. The predicted octanol–water partition coefficient (Wildman–Crippen LogP) is 5.10. The van der Waals surface area contributed by atoms with Crippen LogP contribution in [-0.4, -0.2) is 12.6 Å². The third-order valence-corrected chi connectivity index (χ3v) is 8.98. The average molecular weight is 344 g/mol. The summed E-state index contributed by atoms with van der Waals surface area (Å²) < 4.78 is 5.68. The van der Waals surface area contributed by atoms with Gasteiger partial charge in [0.05, 0.1) is 18.6 Å². The first-order valence-corrected chi connectivity index (χ1v) is 10.5. The smallest absolute Gasteiger partial charge is 0.302 e. The molecule has 0 heterocycles. The maximum absolute atomic E-state index is 11.6. The van der Waals surface area contributed by atoms with Gasteiger partial charge in [0, 0.05) is 12.3 Å². The maximum Gasteiger partial charge on any atom is 0.302 e. The Kier molecular flexibility index (Phi) is 4.37. The minimum Gasteiger partial charge on any atom is -0.465 e. The van der Waals surface area contributed by atoms with Crippen LogP contribution in [0.4, 0.5) is 0 Å². The van der Waals surface area contributed by atoms with Gasteiger partial charge in [-0.05, 0) is 80.5 Å². The van der Waals surface area contributed by atoms with Crippen LogP contribution in [0.5, 0.6) is 0 Å². The molecule has 25 heavy (non-hydrogen) atoms. The molecule has 4 aliphatic rings. The number of nitriles is 1. The maximum atomic E-state index is 11.6. The summed E-state index contributed by atoms with van der Waals surface area (Å²) in [7, 11) is 0. The number of nitrogens with zero attached hydrogens (tertiary/aromatic N) is 1. The Morgan fingerprint density at radius 1 is 1.08 bits per heavy atom. The van der Waals surface area contributed by atoms with E-state index in [1.807, 2.05) is 0 Å². The first-order valence-electron chi connectivity index (χ1n) is 10.5. The van der Waals surface area contributed by atoms with Gasteiger partial charge in [-0.3, -0.25) is 4.79 Å². The minimum atomic E-state index is -0.119. The molecular weight excluding hydrogens is 310 g/mol. The van der Waals surface area contributed by atoms with Crippen molar-refractivity contribution in [1.29, 1.82) is 5.26 Å². The van der Waals surface area contributed by atoms with Gasteiger partial charge in [0.25, 0.3) is 0 Å². The van der Waals surface area contributed by atoms with Crippen LogP contribution >= 0.6 is 0 Å². The van der Waals surface area contributed by atoms with E-state index >= 15 is 0 Å². The number of carbonyl (C=O) groups is 1. The lowest BCUT2D eigenvalue weighted by molar-refractivity contribution is -0.166. The van der Waals surface area contributed by atoms with Crippen molar-refractivity contribution in [2.24, 2.45) is 40.4 Å². The van der Waals surface area contributed by atoms with E-state index in [0.29, 0.717) is 18.4 Å². The minimum absolute atomic E-state index is 0.119. The highest BCUT2D eigenvalue weighted by Crippen LogP contribution is 2.67. The molecule has 0 N–H and O–H groups in total. The lowest BCUT2D eigenvalue weighted by atomic mass is 9.44. The molecule has 0 amide bonds. The summed E-state index contributed by atoms with van der Waals surface area (Å²) in [5.74, 6) is 3.06. The van der Waals surface area contributed by atoms with Crippen molar-refractivity contribution >= 4 is 5.97 Å². The molecule has 138 valence electrons. The number of carbonyl (C=O) groups excluding carboxylic acids is 1. The molecule has 4 fully saturated rings. The Balaban J connectivity index is 1.64. The molecule has 3 nitrogen and oxygen atoms in total. The third kappa shape index (κ3) is 2.54. The molecule has 4 rings (SSSR count). The van der Waals surface area contributed by atoms with E-state index in [9.17, 15) is 10.1 Å². The van der Waals surface area contributed by atoms with Gasteiger partial charge in [-0.2, -0.15) is 5.26 Å². The summed E-state index contributed by atoms with van der Waals surface area (Å²) in [5, 5.41) is 9.64. The van der Waals surface area contributed by atoms with Crippen LogP contribution in [0, 0.1) is 51.8 Å². The van der Waals surface area contributed by atoms with E-state index in [0.717, 1.165) is 18.3 Å². The fraction of sp³-hybridized carbons (Fsp3) is 0.909. The quantitative estimate of drug-likeness (QED) is 0.655. The van der Waals surface area contributed by atoms with Gasteiger partial charge in [0.2, 0.25) is 0 Å². The van der Waals surface area contributed by atoms with Crippen molar-refractivity contribution < 1.29 is 9.53 Å². The lowest BCUT2D eigenvalue weighted by Crippen LogP contribution is -2.55. The molecule has 0 saturated heterocycles. The SMILES string of the molecule is CC(=O)OC[C@]12CCCC[C@@H]1CC[C@H]1[C@@H]3CC[C@H](C#N)[C@@]3(C)CC[C@@H]12. The second-order valence-corrected chi connectivity index (χ2v) is 9.71. The number of rotatable bonds is 2. The number of hydrogen-bond donors (Lipinski definition) is 0. The number of hydrogen-bond acceptors (Lipinski definition) is 3. The molecule has 0 spiro atoms. The molecule has 3 heteroatoms. The van der Waals surface area contributed by atoms with Gasteiger partial charge in [-0.1, -0.05) is 19.8 Å². The van der Waals surface area contributed by atoms with Crippen molar-refractivity contribution in [3.63, 3.8) is 0 Å². The molecule has 7 atom stereocenters. The molecule has 4 saturated carbocycles. The number of ether oxygens (including phenoxy) is 1. The van der Waals surface area contributed by atoms with Crippen LogP contribution in [0.2, 0.25) is 0 Å². The summed E-state index contributed by atoms with van der Waals surface area (Å²) in [6.45, 7) is 4.61. The normalized spacial score (nSPS) is 48.6. The molecule has 4 aliphatic carbocycles. The second-order valence-electron chi connectivity index (χ2n) is 9.71. The van der Waals surface area contributed by atoms with Crippen molar-refractivity contribution in [2.75, 3.05) is 6.61 Å². The van der Waals surface area contributed by atoms with E-state index in [1.54, 1.807) is 6.92 Å². The summed E-state index contributed by atoms with van der Waals surface area (Å²) >= 11 is 0. The van der Waals surface area contributed by atoms with Gasteiger partial charge < -0.3 is 4.74 Å². The first kappa shape index (κ1) is 17.4. The summed E-state index contributed by atoms with van der Waals surface area (Å²) in [6.07, 6.45) is 12.7. The zero-order chi connectivity index (χ0) is 17.7. The highest BCUT2D eigenvalue weighted by molar-refractivity contribution is 5.65. The molecular formula is C22H33NO2. The van der Waals surface area contributed by atoms with Crippen LogP contribution in [0.15, 0.2) is 0 Å². The molecule has 0 aliphatic heterocycles. The monoisotopic (exact) mass is 343 g/mol. The standard InChI is InChI=1S/C22H33NO2/c1-15(24)25-14-22-11-4-3-5-16(22)6-8-18-19-9-7-17(13-23)21(19,2)12-10-20(18)22/h16-20H,3-12,14H2,1-2H3/t16-,17-,18+,19+,20+,21-,22-/m1/s1. The average Bonchev–Trinajstić information content (AvgIpc) is 2.96. The Bertz CT molecular complexity index is 581. The lowest BCUT2D eigenvalue weighted by Gasteiger charge is -2.60. The van der Waals surface area contributed by atoms with Crippen molar-refractivity contribution in [3.8, 4) is 6.07 Å². The summed E-state index contributed by atoms with van der Waals surface area (Å²) in [5.41, 5.74) is 0.471. The molecule has 0 radical (unpaired) electrons. The zero-order valence-electron chi connectivity index (χ0n) is 15.9. The van der Waals surface area contributed by atoms with E-state index in [1.165, 1.54) is 57.8 Å². The van der Waals surface area contributed by atoms with Gasteiger partial charge in [0.15, 0.2) is 0 Å². The van der Waals surface area contributed by atoms with Crippen LogP contribution in [0.3, 0.4) is 0 Å². The van der Waals surface area contributed by atoms with Crippen molar-refractivity contribution in [1.82, 2.24) is 0 Å². The molecule has 0 aromatic heterocycles. The molecule has 0 unspecified atom stereocenters. The van der Waals surface area contributed by atoms with Gasteiger partial charge >= 0.3 is 5.97 Å². The van der Waals surface area contributed by atoms with E-state index in [-0.39, 0.29) is 22.7 Å². The van der Waals surface area contributed by atoms with Crippen LogP contribution in [0.25, 0.3) is 0 Å². The molecule has 0 bridgehead atoms. The van der Waals surface area contributed by atoms with E-state index in [2.05, 4.69) is 13.0 Å². The molecule has 0 aromatic rings. The third-order valence-electron chi connectivity index (χ3n) is 8.98. The highest BCUT2D eigenvalue weighted by Gasteiger charge is 2.61. The zero-order valence-corrected chi connectivity index (χ0v) is 15.9. The second kappa shape index (κ2) is 6.29. The van der Waals surface area contributed by atoms with Crippen molar-refractivity contribution in [2.45, 2.75) is 78.1 Å². The Labute approximate surface area is 152 Å². The Morgan fingerprint density at radius 3 is 2.68 bits per heavy atom. The van der Waals surface area contributed by atoms with Crippen molar-refractivity contribution in [3.05, 3.63) is 0 Å². The fourth-order valence-corrected chi connectivity index (χ4v) is 7.80. The van der Waals surface area contributed by atoms with Crippen LogP contribution < -0.4 is 0 Å². The Morgan fingerprint density at radius 2 is 1.92 bits per heavy atom. The first-order chi connectivity index (χ1) is 12.0. The van der Waals surface area contributed by atoms with E-state index < -0.39 is 0 Å². The highest BCUT2D eigenvalue weighted by atomic mass is 16.5.